The first-order valence-electron chi connectivity index (χ1n) is 6.35. The largest absolute Gasteiger partial charge is 0.493 e. The lowest BCUT2D eigenvalue weighted by Crippen LogP contribution is -2.17. The molecule has 0 saturated carbocycles. The third-order valence-corrected chi connectivity index (χ3v) is 3.53. The number of carbonyl (C=O) groups is 1. The Labute approximate surface area is 136 Å². The van der Waals surface area contributed by atoms with E-state index in [9.17, 15) is 4.79 Å². The molecule has 2 rings (SSSR count). The Balaban J connectivity index is 2.12. The monoisotopic (exact) mass is 366 g/mol. The Kier molecular flexibility index (Phi) is 5.21. The Morgan fingerprint density at radius 1 is 1.36 bits per heavy atom. The highest BCUT2D eigenvalue weighted by Crippen LogP contribution is 2.35. The minimum absolute atomic E-state index is 0.331. The number of halogens is 1. The standard InChI is InChI=1S/C15H15BrN2O4/c1-9-11(4-5-22-9)15(19)18-17-8-10-6-12(16)14(21-3)13(7-10)20-2/h4-8H,1-3H3,(H,18,19). The van der Waals surface area contributed by atoms with Gasteiger partial charge < -0.3 is 13.9 Å². The van der Waals surface area contributed by atoms with Crippen molar-refractivity contribution in [2.75, 3.05) is 14.2 Å². The van der Waals surface area contributed by atoms with Gasteiger partial charge in [0.2, 0.25) is 0 Å². The number of methoxy groups -OCH3 is 2. The number of carbonyl (C=O) groups excluding carboxylic acids is 1. The maximum atomic E-state index is 11.9. The van der Waals surface area contributed by atoms with Crippen molar-refractivity contribution in [3.8, 4) is 11.5 Å². The number of ether oxygens (including phenoxy) is 2. The predicted molar refractivity (Wildman–Crippen MR) is 85.8 cm³/mol. The van der Waals surface area contributed by atoms with Gasteiger partial charge in [0.1, 0.15) is 5.76 Å². The molecule has 0 aliphatic rings. The number of furan rings is 1. The molecule has 0 radical (unpaired) electrons. The van der Waals surface area contributed by atoms with Crippen LogP contribution in [0, 0.1) is 6.92 Å². The molecule has 1 N–H and O–H groups in total. The minimum atomic E-state index is -0.331. The van der Waals surface area contributed by atoms with Gasteiger partial charge in [0.15, 0.2) is 11.5 Å². The van der Waals surface area contributed by atoms with E-state index < -0.39 is 0 Å². The van der Waals surface area contributed by atoms with Crippen LogP contribution >= 0.6 is 15.9 Å². The quantitative estimate of drug-likeness (QED) is 0.651. The van der Waals surface area contributed by atoms with Crippen LogP contribution in [-0.4, -0.2) is 26.3 Å². The van der Waals surface area contributed by atoms with Gasteiger partial charge >= 0.3 is 0 Å². The second-order valence-electron chi connectivity index (χ2n) is 4.33. The summed E-state index contributed by atoms with van der Waals surface area (Å²) in [4.78, 5) is 11.9. The van der Waals surface area contributed by atoms with Crippen LogP contribution in [0.4, 0.5) is 0 Å². The first-order chi connectivity index (χ1) is 10.6. The van der Waals surface area contributed by atoms with E-state index >= 15 is 0 Å². The number of nitrogens with zero attached hydrogens (tertiary/aromatic N) is 1. The second-order valence-corrected chi connectivity index (χ2v) is 5.18. The van der Waals surface area contributed by atoms with Crippen molar-refractivity contribution < 1.29 is 18.7 Å². The van der Waals surface area contributed by atoms with Crippen LogP contribution in [0.2, 0.25) is 0 Å². The molecule has 1 amide bonds. The van der Waals surface area contributed by atoms with Crippen LogP contribution in [-0.2, 0) is 0 Å². The predicted octanol–water partition coefficient (Wildman–Crippen LogP) is 3.13. The molecule has 0 atom stereocenters. The third-order valence-electron chi connectivity index (χ3n) is 2.94. The zero-order valence-corrected chi connectivity index (χ0v) is 13.9. The molecular formula is C15H15BrN2O4. The molecule has 22 heavy (non-hydrogen) atoms. The van der Waals surface area contributed by atoms with Crippen molar-refractivity contribution >= 4 is 28.1 Å². The van der Waals surface area contributed by atoms with E-state index in [0.717, 1.165) is 10.0 Å². The molecule has 7 heteroatoms. The van der Waals surface area contributed by atoms with Crippen molar-refractivity contribution in [3.05, 3.63) is 45.8 Å². The summed E-state index contributed by atoms with van der Waals surface area (Å²) in [5.41, 5.74) is 3.64. The van der Waals surface area contributed by atoms with E-state index in [1.165, 1.54) is 12.5 Å². The summed E-state index contributed by atoms with van der Waals surface area (Å²) >= 11 is 3.39. The zero-order chi connectivity index (χ0) is 16.1. The van der Waals surface area contributed by atoms with Crippen LogP contribution in [0.25, 0.3) is 0 Å². The van der Waals surface area contributed by atoms with Crippen LogP contribution in [0.1, 0.15) is 21.7 Å². The number of hydrazone groups is 1. The molecular weight excluding hydrogens is 352 g/mol. The summed E-state index contributed by atoms with van der Waals surface area (Å²) in [5, 5.41) is 3.93. The molecule has 1 aromatic heterocycles. The van der Waals surface area contributed by atoms with Crippen molar-refractivity contribution in [3.63, 3.8) is 0 Å². The summed E-state index contributed by atoms with van der Waals surface area (Å²) in [7, 11) is 3.11. The van der Waals surface area contributed by atoms with Crippen molar-refractivity contribution in [2.24, 2.45) is 5.10 Å². The first-order valence-corrected chi connectivity index (χ1v) is 7.15. The number of hydrogen-bond donors (Lipinski definition) is 1. The Morgan fingerprint density at radius 3 is 2.73 bits per heavy atom. The van der Waals surface area contributed by atoms with E-state index in [0.29, 0.717) is 22.8 Å². The lowest BCUT2D eigenvalue weighted by molar-refractivity contribution is 0.0953. The highest BCUT2D eigenvalue weighted by molar-refractivity contribution is 9.10. The molecule has 0 aliphatic heterocycles. The van der Waals surface area contributed by atoms with Gasteiger partial charge in [-0.2, -0.15) is 5.10 Å². The van der Waals surface area contributed by atoms with Crippen molar-refractivity contribution in [1.29, 1.82) is 0 Å². The number of benzene rings is 1. The Bertz CT molecular complexity index is 710. The fraction of sp³-hybridized carbons (Fsp3) is 0.200. The number of aryl methyl sites for hydroxylation is 1. The molecule has 0 fully saturated rings. The molecule has 1 aromatic carbocycles. The van der Waals surface area contributed by atoms with Crippen LogP contribution in [0.3, 0.4) is 0 Å². The average Bonchev–Trinajstić information content (AvgIpc) is 2.92. The average molecular weight is 367 g/mol. The number of amides is 1. The fourth-order valence-electron chi connectivity index (χ4n) is 1.86. The van der Waals surface area contributed by atoms with Gasteiger partial charge in [0.05, 0.1) is 36.7 Å². The number of rotatable bonds is 5. The van der Waals surface area contributed by atoms with Gasteiger partial charge in [-0.05, 0) is 46.6 Å². The lowest BCUT2D eigenvalue weighted by atomic mass is 10.2. The normalized spacial score (nSPS) is 10.7. The molecule has 0 spiro atoms. The summed E-state index contributed by atoms with van der Waals surface area (Å²) in [6.45, 7) is 1.71. The Hall–Kier alpha value is -2.28. The lowest BCUT2D eigenvalue weighted by Gasteiger charge is -2.10. The number of hydrogen-bond acceptors (Lipinski definition) is 5. The van der Waals surface area contributed by atoms with E-state index in [1.807, 2.05) is 0 Å². The van der Waals surface area contributed by atoms with E-state index in [1.54, 1.807) is 39.3 Å². The molecule has 1 heterocycles. The SMILES string of the molecule is COc1cc(C=NNC(=O)c2ccoc2C)cc(Br)c1OC. The van der Waals surface area contributed by atoms with E-state index in [-0.39, 0.29) is 5.91 Å². The van der Waals surface area contributed by atoms with Gasteiger partial charge in [-0.25, -0.2) is 5.43 Å². The molecule has 0 aliphatic carbocycles. The topological polar surface area (TPSA) is 73.1 Å². The molecule has 0 saturated heterocycles. The van der Waals surface area contributed by atoms with Crippen LogP contribution < -0.4 is 14.9 Å². The zero-order valence-electron chi connectivity index (χ0n) is 12.3. The fourth-order valence-corrected chi connectivity index (χ4v) is 2.48. The summed E-state index contributed by atoms with van der Waals surface area (Å²) in [6.07, 6.45) is 2.97. The molecule has 6 nitrogen and oxygen atoms in total. The molecule has 0 unspecified atom stereocenters. The number of nitrogens with one attached hydrogen (secondary N) is 1. The van der Waals surface area contributed by atoms with Gasteiger partial charge in [-0.3, -0.25) is 4.79 Å². The highest BCUT2D eigenvalue weighted by atomic mass is 79.9. The second kappa shape index (κ2) is 7.13. The molecule has 116 valence electrons. The summed E-state index contributed by atoms with van der Waals surface area (Å²) in [6, 6.07) is 5.15. The van der Waals surface area contributed by atoms with E-state index in [4.69, 9.17) is 13.9 Å². The molecule has 2 aromatic rings. The van der Waals surface area contributed by atoms with Gasteiger partial charge in [0.25, 0.3) is 5.91 Å². The molecule has 0 bridgehead atoms. The van der Waals surface area contributed by atoms with Crippen LogP contribution in [0.15, 0.2) is 38.5 Å². The highest BCUT2D eigenvalue weighted by Gasteiger charge is 2.11. The summed E-state index contributed by atoms with van der Waals surface area (Å²) in [5.74, 6) is 1.37. The summed E-state index contributed by atoms with van der Waals surface area (Å²) < 4.78 is 16.3. The van der Waals surface area contributed by atoms with E-state index in [2.05, 4.69) is 26.5 Å². The smallest absolute Gasteiger partial charge is 0.274 e. The van der Waals surface area contributed by atoms with Gasteiger partial charge in [-0.1, -0.05) is 0 Å². The first kappa shape index (κ1) is 16.1. The third kappa shape index (κ3) is 3.48. The minimum Gasteiger partial charge on any atom is -0.493 e. The van der Waals surface area contributed by atoms with Crippen molar-refractivity contribution in [1.82, 2.24) is 5.43 Å². The maximum Gasteiger partial charge on any atom is 0.274 e. The van der Waals surface area contributed by atoms with Crippen LogP contribution in [0.5, 0.6) is 11.5 Å². The Morgan fingerprint density at radius 2 is 2.14 bits per heavy atom. The van der Waals surface area contributed by atoms with Crippen molar-refractivity contribution in [2.45, 2.75) is 6.92 Å². The van der Waals surface area contributed by atoms with Gasteiger partial charge in [-0.15, -0.1) is 0 Å². The maximum absolute atomic E-state index is 11.9. The van der Waals surface area contributed by atoms with Gasteiger partial charge in [0, 0.05) is 0 Å².